The van der Waals surface area contributed by atoms with Gasteiger partial charge in [0.15, 0.2) is 0 Å². The van der Waals surface area contributed by atoms with Crippen molar-refractivity contribution in [3.05, 3.63) is 23.9 Å². The monoisotopic (exact) mass is 249 g/mol. The van der Waals surface area contributed by atoms with Crippen LogP contribution in [0, 0.1) is 0 Å². The summed E-state index contributed by atoms with van der Waals surface area (Å²) in [7, 11) is 0. The Balaban J connectivity index is 2.09. The van der Waals surface area contributed by atoms with Crippen LogP contribution < -0.4 is 5.73 Å². The zero-order valence-corrected chi connectivity index (χ0v) is 11.7. The summed E-state index contributed by atoms with van der Waals surface area (Å²) in [4.78, 5) is 6.74. The summed E-state index contributed by atoms with van der Waals surface area (Å²) in [6, 6.07) is 5.79. The fraction of sp³-hybridized carbons (Fsp3) is 0.643. The lowest BCUT2D eigenvalue weighted by Gasteiger charge is -2.47. The number of rotatable bonds is 2. The number of morpholine rings is 1. The molecule has 0 aliphatic carbocycles. The van der Waals surface area contributed by atoms with E-state index in [0.29, 0.717) is 5.82 Å². The fourth-order valence-corrected chi connectivity index (χ4v) is 2.87. The van der Waals surface area contributed by atoms with Crippen molar-refractivity contribution in [1.82, 2.24) is 9.88 Å². The quantitative estimate of drug-likeness (QED) is 0.871. The van der Waals surface area contributed by atoms with E-state index in [-0.39, 0.29) is 11.2 Å². The maximum absolute atomic E-state index is 6.07. The van der Waals surface area contributed by atoms with Crippen LogP contribution in [0.25, 0.3) is 0 Å². The molecule has 4 nitrogen and oxygen atoms in total. The van der Waals surface area contributed by atoms with Crippen molar-refractivity contribution in [2.75, 3.05) is 18.8 Å². The fourth-order valence-electron chi connectivity index (χ4n) is 2.87. The number of pyridine rings is 1. The SMILES string of the molecule is CC1(C)CN(Cc2cccc(N)n2)CC(C)(C)O1. The van der Waals surface area contributed by atoms with Crippen molar-refractivity contribution in [1.29, 1.82) is 0 Å². The van der Waals surface area contributed by atoms with Gasteiger partial charge in [-0.15, -0.1) is 0 Å². The number of nitrogens with zero attached hydrogens (tertiary/aromatic N) is 2. The van der Waals surface area contributed by atoms with Crippen molar-refractivity contribution < 1.29 is 4.74 Å². The van der Waals surface area contributed by atoms with E-state index >= 15 is 0 Å². The second-order valence-electron chi connectivity index (χ2n) is 6.32. The van der Waals surface area contributed by atoms with E-state index in [2.05, 4.69) is 37.6 Å². The molecule has 1 aromatic heterocycles. The summed E-state index contributed by atoms with van der Waals surface area (Å²) in [6.45, 7) is 11.2. The highest BCUT2D eigenvalue weighted by Gasteiger charge is 2.37. The van der Waals surface area contributed by atoms with Gasteiger partial charge in [-0.1, -0.05) is 6.07 Å². The van der Waals surface area contributed by atoms with Gasteiger partial charge >= 0.3 is 0 Å². The third kappa shape index (κ3) is 3.43. The van der Waals surface area contributed by atoms with Crippen molar-refractivity contribution in [3.63, 3.8) is 0 Å². The Bertz CT molecular complexity index is 413. The number of anilines is 1. The molecular formula is C14H23N3O. The minimum Gasteiger partial charge on any atom is -0.384 e. The van der Waals surface area contributed by atoms with E-state index in [9.17, 15) is 0 Å². The van der Waals surface area contributed by atoms with Crippen LogP contribution in [-0.4, -0.2) is 34.2 Å². The smallest absolute Gasteiger partial charge is 0.123 e. The van der Waals surface area contributed by atoms with Gasteiger partial charge in [0, 0.05) is 19.6 Å². The summed E-state index contributed by atoms with van der Waals surface area (Å²) in [5.41, 5.74) is 6.49. The molecule has 0 amide bonds. The first-order chi connectivity index (χ1) is 8.26. The van der Waals surface area contributed by atoms with Gasteiger partial charge < -0.3 is 10.5 Å². The summed E-state index contributed by atoms with van der Waals surface area (Å²) >= 11 is 0. The van der Waals surface area contributed by atoms with Crippen LogP contribution in [0.3, 0.4) is 0 Å². The Kier molecular flexibility index (Phi) is 3.34. The van der Waals surface area contributed by atoms with Crippen LogP contribution in [0.15, 0.2) is 18.2 Å². The minimum atomic E-state index is -0.123. The number of nitrogens with two attached hydrogens (primary N) is 1. The van der Waals surface area contributed by atoms with Crippen molar-refractivity contribution in [2.45, 2.75) is 45.4 Å². The van der Waals surface area contributed by atoms with Crippen molar-refractivity contribution >= 4 is 5.82 Å². The Morgan fingerprint density at radius 2 is 1.83 bits per heavy atom. The van der Waals surface area contributed by atoms with Gasteiger partial charge in [-0.3, -0.25) is 4.90 Å². The Labute approximate surface area is 109 Å². The van der Waals surface area contributed by atoms with Crippen LogP contribution in [0.2, 0.25) is 0 Å². The molecule has 1 aromatic rings. The van der Waals surface area contributed by atoms with E-state index in [1.54, 1.807) is 0 Å². The average molecular weight is 249 g/mol. The normalized spacial score (nSPS) is 22.9. The molecule has 0 unspecified atom stereocenters. The second kappa shape index (κ2) is 4.52. The molecule has 2 N–H and O–H groups in total. The largest absolute Gasteiger partial charge is 0.384 e. The molecule has 100 valence electrons. The Morgan fingerprint density at radius 1 is 1.22 bits per heavy atom. The van der Waals surface area contributed by atoms with Gasteiger partial charge in [0.1, 0.15) is 5.82 Å². The van der Waals surface area contributed by atoms with Crippen molar-refractivity contribution in [2.24, 2.45) is 0 Å². The van der Waals surface area contributed by atoms with Gasteiger partial charge in [0.05, 0.1) is 16.9 Å². The summed E-state index contributed by atoms with van der Waals surface area (Å²) in [6.07, 6.45) is 0. The highest BCUT2D eigenvalue weighted by Crippen LogP contribution is 2.28. The molecule has 4 heteroatoms. The average Bonchev–Trinajstić information content (AvgIpc) is 2.11. The van der Waals surface area contributed by atoms with Gasteiger partial charge in [0.25, 0.3) is 0 Å². The number of ether oxygens (including phenoxy) is 1. The highest BCUT2D eigenvalue weighted by atomic mass is 16.5. The molecule has 0 atom stereocenters. The molecule has 0 aromatic carbocycles. The third-order valence-corrected chi connectivity index (χ3v) is 2.98. The maximum atomic E-state index is 6.07. The van der Waals surface area contributed by atoms with Crippen LogP contribution in [0.5, 0.6) is 0 Å². The van der Waals surface area contributed by atoms with E-state index in [0.717, 1.165) is 25.3 Å². The second-order valence-corrected chi connectivity index (χ2v) is 6.32. The first kappa shape index (κ1) is 13.3. The number of aromatic nitrogens is 1. The Hall–Kier alpha value is -1.13. The number of hydrogen-bond donors (Lipinski definition) is 1. The molecule has 0 spiro atoms. The molecule has 1 aliphatic heterocycles. The van der Waals surface area contributed by atoms with E-state index < -0.39 is 0 Å². The standard InChI is InChI=1S/C14H23N3O/c1-13(2)9-17(10-14(3,4)18-13)8-11-6-5-7-12(15)16-11/h5-7H,8-10H2,1-4H3,(H2,15,16). The van der Waals surface area contributed by atoms with Crippen molar-refractivity contribution in [3.8, 4) is 0 Å². The molecule has 0 saturated carbocycles. The molecule has 0 radical (unpaired) electrons. The molecule has 1 saturated heterocycles. The zero-order valence-electron chi connectivity index (χ0n) is 11.7. The van der Waals surface area contributed by atoms with Crippen LogP contribution in [-0.2, 0) is 11.3 Å². The number of hydrogen-bond acceptors (Lipinski definition) is 4. The first-order valence-electron chi connectivity index (χ1n) is 6.40. The van der Waals surface area contributed by atoms with Gasteiger partial charge in [-0.25, -0.2) is 4.98 Å². The lowest BCUT2D eigenvalue weighted by Crippen LogP contribution is -2.56. The summed E-state index contributed by atoms with van der Waals surface area (Å²) in [5, 5.41) is 0. The van der Waals surface area contributed by atoms with Crippen LogP contribution in [0.4, 0.5) is 5.82 Å². The topological polar surface area (TPSA) is 51.4 Å². The molecule has 1 aliphatic rings. The van der Waals surface area contributed by atoms with Gasteiger partial charge in [-0.2, -0.15) is 0 Å². The maximum Gasteiger partial charge on any atom is 0.123 e. The highest BCUT2D eigenvalue weighted by molar-refractivity contribution is 5.28. The van der Waals surface area contributed by atoms with Crippen LogP contribution >= 0.6 is 0 Å². The first-order valence-corrected chi connectivity index (χ1v) is 6.40. The summed E-state index contributed by atoms with van der Waals surface area (Å²) in [5.74, 6) is 0.583. The summed E-state index contributed by atoms with van der Waals surface area (Å²) < 4.78 is 6.07. The molecule has 1 fully saturated rings. The van der Waals surface area contributed by atoms with E-state index in [1.807, 2.05) is 18.2 Å². The molecule has 2 rings (SSSR count). The van der Waals surface area contributed by atoms with E-state index in [1.165, 1.54) is 0 Å². The minimum absolute atomic E-state index is 0.123. The van der Waals surface area contributed by atoms with Gasteiger partial charge in [0.2, 0.25) is 0 Å². The van der Waals surface area contributed by atoms with Crippen LogP contribution in [0.1, 0.15) is 33.4 Å². The third-order valence-electron chi connectivity index (χ3n) is 2.98. The predicted octanol–water partition coefficient (Wildman–Crippen LogP) is 2.05. The molecule has 2 heterocycles. The lowest BCUT2D eigenvalue weighted by atomic mass is 9.99. The predicted molar refractivity (Wildman–Crippen MR) is 73.2 cm³/mol. The lowest BCUT2D eigenvalue weighted by molar-refractivity contribution is -0.182. The van der Waals surface area contributed by atoms with E-state index in [4.69, 9.17) is 10.5 Å². The molecule has 0 bridgehead atoms. The molecular weight excluding hydrogens is 226 g/mol. The molecule has 18 heavy (non-hydrogen) atoms. The van der Waals surface area contributed by atoms with Gasteiger partial charge in [-0.05, 0) is 39.8 Å². The number of nitrogen functional groups attached to an aromatic ring is 1. The zero-order chi connectivity index (χ0) is 13.4. The Morgan fingerprint density at radius 3 is 2.39 bits per heavy atom.